The van der Waals surface area contributed by atoms with Gasteiger partial charge in [0.2, 0.25) is 0 Å². The minimum Gasteiger partial charge on any atom is -0.411 e. The number of nitrogens with zero attached hydrogens (tertiary/aromatic N) is 2. The summed E-state index contributed by atoms with van der Waals surface area (Å²) in [4.78, 5) is 26.3. The summed E-state index contributed by atoms with van der Waals surface area (Å²) in [5, 5.41) is 0.0110. The summed E-state index contributed by atoms with van der Waals surface area (Å²) >= 11 is 0. The Kier molecular flexibility index (Phi) is 10.7. The summed E-state index contributed by atoms with van der Waals surface area (Å²) in [6.45, 7) is 23.8. The highest BCUT2D eigenvalue weighted by molar-refractivity contribution is 7.44. The topological polar surface area (TPSA) is 95.0 Å². The van der Waals surface area contributed by atoms with Crippen LogP contribution >= 0.6 is 8.53 Å². The molecule has 1 aliphatic rings. The number of H-pyrrole nitrogens is 1. The monoisotopic (exact) mass is 529 g/mol. The lowest BCUT2D eigenvalue weighted by atomic mass is 10.2. The van der Waals surface area contributed by atoms with E-state index in [0.717, 1.165) is 0 Å². The largest absolute Gasteiger partial charge is 0.411 e. The van der Waals surface area contributed by atoms with Crippen LogP contribution in [0.1, 0.15) is 61.1 Å². The zero-order valence-electron chi connectivity index (χ0n) is 22.7. The first-order chi connectivity index (χ1) is 16.2. The van der Waals surface area contributed by atoms with E-state index in [9.17, 15) is 9.59 Å². The van der Waals surface area contributed by atoms with Crippen LogP contribution in [0.4, 0.5) is 0 Å². The Morgan fingerprint density at radius 3 is 2.40 bits per heavy atom. The highest BCUT2D eigenvalue weighted by atomic mass is 31.2. The Morgan fingerprint density at radius 2 is 1.89 bits per heavy atom. The van der Waals surface area contributed by atoms with E-state index in [4.69, 9.17) is 18.2 Å². The maximum Gasteiger partial charge on any atom is 0.330 e. The molecule has 0 radical (unpaired) electrons. The third kappa shape index (κ3) is 7.92. The second kappa shape index (κ2) is 12.4. The second-order valence-corrected chi connectivity index (χ2v) is 17.2. The van der Waals surface area contributed by atoms with E-state index in [1.54, 1.807) is 6.08 Å². The van der Waals surface area contributed by atoms with Crippen molar-refractivity contribution in [2.75, 3.05) is 13.2 Å². The van der Waals surface area contributed by atoms with Crippen LogP contribution in [0.5, 0.6) is 0 Å². The first-order valence-electron chi connectivity index (χ1n) is 12.3. The van der Waals surface area contributed by atoms with Gasteiger partial charge in [0.05, 0.1) is 19.3 Å². The molecule has 200 valence electrons. The van der Waals surface area contributed by atoms with Gasteiger partial charge in [0.1, 0.15) is 12.3 Å². The highest BCUT2D eigenvalue weighted by Gasteiger charge is 2.45. The zero-order chi connectivity index (χ0) is 26.6. The van der Waals surface area contributed by atoms with E-state index >= 15 is 0 Å². The van der Waals surface area contributed by atoms with Crippen molar-refractivity contribution < 1.29 is 18.2 Å². The van der Waals surface area contributed by atoms with Gasteiger partial charge in [-0.1, -0.05) is 26.8 Å². The fourth-order valence-electron chi connectivity index (χ4n) is 3.75. The van der Waals surface area contributed by atoms with Gasteiger partial charge in [-0.2, -0.15) is 0 Å². The molecule has 1 saturated heterocycles. The molecule has 1 aromatic heterocycles. The quantitative estimate of drug-likeness (QED) is 0.237. The minimum absolute atomic E-state index is 0.0110. The predicted octanol–water partition coefficient (Wildman–Crippen LogP) is 4.78. The minimum atomic E-state index is -2.13. The van der Waals surface area contributed by atoms with Crippen LogP contribution in [0.15, 0.2) is 34.5 Å². The molecule has 1 aromatic rings. The van der Waals surface area contributed by atoms with Gasteiger partial charge >= 0.3 is 5.69 Å². The number of nitrogens with one attached hydrogen (secondary N) is 1. The maximum atomic E-state index is 12.4. The first-order valence-corrected chi connectivity index (χ1v) is 16.3. The van der Waals surface area contributed by atoms with Gasteiger partial charge in [-0.05, 0) is 45.8 Å². The van der Waals surface area contributed by atoms with E-state index in [2.05, 4.69) is 77.8 Å². The Balaban J connectivity index is 2.30. The van der Waals surface area contributed by atoms with Crippen molar-refractivity contribution >= 4 is 16.8 Å². The number of aromatic amines is 1. The zero-order valence-corrected chi connectivity index (χ0v) is 24.6. The number of rotatable bonds is 12. The third-order valence-corrected chi connectivity index (χ3v) is 13.0. The number of aromatic nitrogens is 2. The van der Waals surface area contributed by atoms with Gasteiger partial charge in [0.25, 0.3) is 14.1 Å². The molecule has 2 heterocycles. The smallest absolute Gasteiger partial charge is 0.330 e. The van der Waals surface area contributed by atoms with Crippen LogP contribution in [-0.4, -0.2) is 60.0 Å². The molecule has 1 N–H and O–H groups in total. The lowest BCUT2D eigenvalue weighted by Crippen LogP contribution is -2.46. The molecule has 4 atom stereocenters. The van der Waals surface area contributed by atoms with Crippen LogP contribution in [0.2, 0.25) is 18.1 Å². The van der Waals surface area contributed by atoms with Gasteiger partial charge in [-0.3, -0.25) is 14.3 Å². The van der Waals surface area contributed by atoms with Gasteiger partial charge in [-0.15, -0.1) is 6.58 Å². The van der Waals surface area contributed by atoms with Gasteiger partial charge < -0.3 is 18.2 Å². The molecule has 0 aliphatic carbocycles. The molecule has 1 aliphatic heterocycles. The van der Waals surface area contributed by atoms with Gasteiger partial charge in [0, 0.05) is 30.8 Å². The SMILES string of the molecule is C=CCOP(OC[C@H]1O[C@@H](n2ccc(=O)[nH]c2=O)C[C@@H]1O[Si](C)(C)C(C)(C)C)N(C(C)C)C(C)C. The fourth-order valence-corrected chi connectivity index (χ4v) is 6.71. The lowest BCUT2D eigenvalue weighted by Gasteiger charge is -2.40. The molecule has 1 unspecified atom stereocenters. The average Bonchev–Trinajstić information content (AvgIpc) is 3.09. The third-order valence-electron chi connectivity index (χ3n) is 6.49. The van der Waals surface area contributed by atoms with Crippen molar-refractivity contribution in [3.05, 3.63) is 45.8 Å². The molecule has 0 saturated carbocycles. The summed E-state index contributed by atoms with van der Waals surface area (Å²) in [5.74, 6) is 0. The molecule has 0 aromatic carbocycles. The summed E-state index contributed by atoms with van der Waals surface area (Å²) in [7, 11) is -3.49. The van der Waals surface area contributed by atoms with Crippen LogP contribution < -0.4 is 11.2 Å². The Bertz CT molecular complexity index is 934. The average molecular weight is 530 g/mol. The van der Waals surface area contributed by atoms with Crippen molar-refractivity contribution in [2.45, 2.75) is 104 Å². The Labute approximate surface area is 211 Å². The number of hydrogen-bond acceptors (Lipinski definition) is 7. The predicted molar refractivity (Wildman–Crippen MR) is 143 cm³/mol. The van der Waals surface area contributed by atoms with E-state index in [1.807, 2.05) is 0 Å². The maximum absolute atomic E-state index is 12.4. The lowest BCUT2D eigenvalue weighted by molar-refractivity contribution is -0.0411. The Hall–Kier alpha value is -1.13. The molecule has 2 rings (SSSR count). The number of ether oxygens (including phenoxy) is 1. The molecule has 0 amide bonds. The van der Waals surface area contributed by atoms with Gasteiger partial charge in [0.15, 0.2) is 8.32 Å². The van der Waals surface area contributed by atoms with E-state index < -0.39 is 40.4 Å². The van der Waals surface area contributed by atoms with Crippen LogP contribution in [0, 0.1) is 0 Å². The van der Waals surface area contributed by atoms with Crippen molar-refractivity contribution in [1.82, 2.24) is 14.2 Å². The number of hydrogen-bond donors (Lipinski definition) is 1. The molecule has 0 spiro atoms. The van der Waals surface area contributed by atoms with Crippen LogP contribution in [0.25, 0.3) is 0 Å². The Morgan fingerprint density at radius 1 is 1.26 bits per heavy atom. The van der Waals surface area contributed by atoms with Crippen molar-refractivity contribution in [2.24, 2.45) is 0 Å². The van der Waals surface area contributed by atoms with E-state index in [1.165, 1.54) is 16.8 Å². The summed E-state index contributed by atoms with van der Waals surface area (Å²) in [6, 6.07) is 1.77. The normalized spacial score (nSPS) is 22.3. The molecule has 35 heavy (non-hydrogen) atoms. The molecule has 11 heteroatoms. The summed E-state index contributed by atoms with van der Waals surface area (Å²) in [6.07, 6.45) is 2.45. The van der Waals surface area contributed by atoms with E-state index in [0.29, 0.717) is 13.0 Å². The highest BCUT2D eigenvalue weighted by Crippen LogP contribution is 2.47. The molecule has 1 fully saturated rings. The standard InChI is InChI=1S/C24H44N3O6PSi/c1-11-14-30-34(27(17(2)3)18(4)5)31-16-20-19(33-35(9,10)24(6,7)8)15-22(32-20)26-13-12-21(28)25-23(26)29/h11-13,17-20,22H,1,14-16H2,2-10H3,(H,25,28,29)/t19-,20+,22+,34?/m0/s1. The first kappa shape index (κ1) is 30.1. The summed E-state index contributed by atoms with van der Waals surface area (Å²) < 4.78 is 29.1. The molecular weight excluding hydrogens is 485 g/mol. The second-order valence-electron chi connectivity index (χ2n) is 11.0. The molecular formula is C24H44N3O6PSi. The van der Waals surface area contributed by atoms with Crippen molar-refractivity contribution in [3.8, 4) is 0 Å². The molecule has 9 nitrogen and oxygen atoms in total. The van der Waals surface area contributed by atoms with Crippen molar-refractivity contribution in [3.63, 3.8) is 0 Å². The van der Waals surface area contributed by atoms with Crippen LogP contribution in [0.3, 0.4) is 0 Å². The van der Waals surface area contributed by atoms with Gasteiger partial charge in [-0.25, -0.2) is 9.46 Å². The summed E-state index contributed by atoms with van der Waals surface area (Å²) in [5.41, 5.74) is -0.942. The molecule has 0 bridgehead atoms. The fraction of sp³-hybridized carbons (Fsp3) is 0.750. The van der Waals surface area contributed by atoms with Crippen molar-refractivity contribution in [1.29, 1.82) is 0 Å². The van der Waals surface area contributed by atoms with Crippen LogP contribution in [-0.2, 0) is 18.2 Å². The van der Waals surface area contributed by atoms with E-state index in [-0.39, 0.29) is 29.8 Å².